The summed E-state index contributed by atoms with van der Waals surface area (Å²) in [5.41, 5.74) is 1.62. The Morgan fingerprint density at radius 2 is 2.10 bits per heavy atom. The van der Waals surface area contributed by atoms with E-state index in [2.05, 4.69) is 10.1 Å². The van der Waals surface area contributed by atoms with Gasteiger partial charge in [-0.2, -0.15) is 5.10 Å². The van der Waals surface area contributed by atoms with Crippen molar-refractivity contribution in [3.05, 3.63) is 42.5 Å². The number of aliphatic carboxylic acids is 1. The number of amides is 1. The first-order chi connectivity index (χ1) is 10.1. The van der Waals surface area contributed by atoms with Crippen LogP contribution in [-0.2, 0) is 16.1 Å². The van der Waals surface area contributed by atoms with Gasteiger partial charge in [-0.1, -0.05) is 18.2 Å². The molecule has 0 bridgehead atoms. The van der Waals surface area contributed by atoms with E-state index in [1.807, 2.05) is 25.1 Å². The summed E-state index contributed by atoms with van der Waals surface area (Å²) in [7, 11) is 0. The van der Waals surface area contributed by atoms with Crippen molar-refractivity contribution in [3.63, 3.8) is 0 Å². The first-order valence-electron chi connectivity index (χ1n) is 6.48. The summed E-state index contributed by atoms with van der Waals surface area (Å²) in [5.74, 6) is -1.17. The number of carbonyl (C=O) groups is 2. The van der Waals surface area contributed by atoms with Crippen molar-refractivity contribution in [2.24, 2.45) is 0 Å². The molecular weight excluding hydrogens is 272 g/mol. The van der Waals surface area contributed by atoms with Crippen molar-refractivity contribution in [2.45, 2.75) is 19.9 Å². The Hall–Kier alpha value is -2.70. The van der Waals surface area contributed by atoms with Crippen LogP contribution in [0.5, 0.6) is 0 Å². The molecule has 21 heavy (non-hydrogen) atoms. The average Bonchev–Trinajstić information content (AvgIpc) is 2.93. The van der Waals surface area contributed by atoms with Crippen LogP contribution in [0, 0.1) is 6.92 Å². The average molecular weight is 288 g/mol. The summed E-state index contributed by atoms with van der Waals surface area (Å²) < 4.78 is 1.41. The van der Waals surface area contributed by atoms with Gasteiger partial charge in [-0.3, -0.25) is 9.59 Å². The Bertz CT molecular complexity index is 625. The molecule has 0 spiro atoms. The standard InChI is InChI=1S/C14H16N4O3/c1-11-4-2-3-5-12(11)18(7-6-14(20)21)13(19)8-17-10-15-9-16-17/h2-5,9-10H,6-8H2,1H3,(H,20,21). The number of rotatable bonds is 6. The largest absolute Gasteiger partial charge is 0.481 e. The third-order valence-electron chi connectivity index (χ3n) is 3.02. The molecule has 0 aliphatic rings. The Morgan fingerprint density at radius 3 is 2.71 bits per heavy atom. The van der Waals surface area contributed by atoms with Crippen LogP contribution in [-0.4, -0.2) is 38.3 Å². The van der Waals surface area contributed by atoms with Gasteiger partial charge >= 0.3 is 5.97 Å². The number of hydrogen-bond donors (Lipinski definition) is 1. The van der Waals surface area contributed by atoms with Crippen LogP contribution in [0.3, 0.4) is 0 Å². The fourth-order valence-electron chi connectivity index (χ4n) is 1.99. The molecule has 2 rings (SSSR count). The van der Waals surface area contributed by atoms with Gasteiger partial charge in [0.05, 0.1) is 6.42 Å². The minimum atomic E-state index is -0.942. The Kier molecular flexibility index (Phi) is 4.65. The lowest BCUT2D eigenvalue weighted by Gasteiger charge is -2.23. The molecule has 1 N–H and O–H groups in total. The number of carboxylic acid groups (broad SMARTS) is 1. The summed E-state index contributed by atoms with van der Waals surface area (Å²) in [5, 5.41) is 12.7. The zero-order valence-electron chi connectivity index (χ0n) is 11.6. The fourth-order valence-corrected chi connectivity index (χ4v) is 1.99. The van der Waals surface area contributed by atoms with E-state index in [1.165, 1.54) is 22.2 Å². The maximum Gasteiger partial charge on any atom is 0.305 e. The second-order valence-electron chi connectivity index (χ2n) is 4.57. The number of benzene rings is 1. The van der Waals surface area contributed by atoms with Crippen LogP contribution in [0.2, 0.25) is 0 Å². The second-order valence-corrected chi connectivity index (χ2v) is 4.57. The van der Waals surface area contributed by atoms with Gasteiger partial charge in [-0.15, -0.1) is 0 Å². The van der Waals surface area contributed by atoms with E-state index in [9.17, 15) is 9.59 Å². The topological polar surface area (TPSA) is 88.3 Å². The molecule has 0 fully saturated rings. The zero-order valence-corrected chi connectivity index (χ0v) is 11.6. The molecular formula is C14H16N4O3. The van der Waals surface area contributed by atoms with Crippen molar-refractivity contribution < 1.29 is 14.7 Å². The van der Waals surface area contributed by atoms with Crippen molar-refractivity contribution in [1.82, 2.24) is 14.8 Å². The molecule has 1 aromatic carbocycles. The molecule has 0 saturated carbocycles. The van der Waals surface area contributed by atoms with Gasteiger partial charge in [0, 0.05) is 12.2 Å². The van der Waals surface area contributed by atoms with Crippen LogP contribution in [0.25, 0.3) is 0 Å². The van der Waals surface area contributed by atoms with Gasteiger partial charge in [0.15, 0.2) is 0 Å². The molecule has 7 nitrogen and oxygen atoms in total. The SMILES string of the molecule is Cc1ccccc1N(CCC(=O)O)C(=O)Cn1cncn1. The highest BCUT2D eigenvalue weighted by Crippen LogP contribution is 2.20. The van der Waals surface area contributed by atoms with E-state index in [1.54, 1.807) is 6.07 Å². The highest BCUT2D eigenvalue weighted by Gasteiger charge is 2.19. The highest BCUT2D eigenvalue weighted by molar-refractivity contribution is 5.94. The minimum absolute atomic E-state index is 0.0218. The molecule has 110 valence electrons. The number of aromatic nitrogens is 3. The maximum absolute atomic E-state index is 12.4. The molecule has 0 aliphatic heterocycles. The zero-order chi connectivity index (χ0) is 15.2. The summed E-state index contributed by atoms with van der Waals surface area (Å²) in [6, 6.07) is 7.37. The predicted octanol–water partition coefficient (Wildman–Crippen LogP) is 1.09. The number of anilines is 1. The number of para-hydroxylation sites is 1. The first kappa shape index (κ1) is 14.7. The molecule has 7 heteroatoms. The Morgan fingerprint density at radius 1 is 1.33 bits per heavy atom. The number of aryl methyl sites for hydroxylation is 1. The van der Waals surface area contributed by atoms with Gasteiger partial charge in [-0.05, 0) is 18.6 Å². The van der Waals surface area contributed by atoms with E-state index in [0.717, 1.165) is 5.56 Å². The van der Waals surface area contributed by atoms with Crippen LogP contribution in [0.15, 0.2) is 36.9 Å². The number of hydrogen-bond acceptors (Lipinski definition) is 4. The molecule has 0 saturated heterocycles. The number of carbonyl (C=O) groups excluding carboxylic acids is 1. The van der Waals surface area contributed by atoms with E-state index in [-0.39, 0.29) is 25.4 Å². The Balaban J connectivity index is 2.21. The molecule has 1 heterocycles. The summed E-state index contributed by atoms with van der Waals surface area (Å²) in [6.45, 7) is 2.02. The number of nitrogens with zero attached hydrogens (tertiary/aromatic N) is 4. The van der Waals surface area contributed by atoms with E-state index in [4.69, 9.17) is 5.11 Å². The van der Waals surface area contributed by atoms with Gasteiger partial charge in [0.2, 0.25) is 5.91 Å². The minimum Gasteiger partial charge on any atom is -0.481 e. The number of carboxylic acids is 1. The van der Waals surface area contributed by atoms with Crippen LogP contribution in [0.1, 0.15) is 12.0 Å². The molecule has 0 aliphatic carbocycles. The summed E-state index contributed by atoms with van der Waals surface area (Å²) in [6.07, 6.45) is 2.69. The van der Waals surface area contributed by atoms with Crippen molar-refractivity contribution in [3.8, 4) is 0 Å². The van der Waals surface area contributed by atoms with Gasteiger partial charge in [-0.25, -0.2) is 9.67 Å². The van der Waals surface area contributed by atoms with Crippen LogP contribution < -0.4 is 4.90 Å². The van der Waals surface area contributed by atoms with Gasteiger partial charge in [0.1, 0.15) is 19.2 Å². The molecule has 0 atom stereocenters. The predicted molar refractivity (Wildman–Crippen MR) is 75.8 cm³/mol. The highest BCUT2D eigenvalue weighted by atomic mass is 16.4. The molecule has 2 aromatic rings. The van der Waals surface area contributed by atoms with Crippen molar-refractivity contribution in [1.29, 1.82) is 0 Å². The quantitative estimate of drug-likeness (QED) is 0.859. The smallest absolute Gasteiger partial charge is 0.305 e. The van der Waals surface area contributed by atoms with Gasteiger partial charge in [0.25, 0.3) is 0 Å². The molecule has 0 unspecified atom stereocenters. The third kappa shape index (κ3) is 3.88. The molecule has 0 radical (unpaired) electrons. The van der Waals surface area contributed by atoms with E-state index < -0.39 is 5.97 Å². The van der Waals surface area contributed by atoms with E-state index in [0.29, 0.717) is 5.69 Å². The lowest BCUT2D eigenvalue weighted by molar-refractivity contribution is -0.136. The van der Waals surface area contributed by atoms with Crippen molar-refractivity contribution >= 4 is 17.6 Å². The molecule has 1 amide bonds. The van der Waals surface area contributed by atoms with Crippen LogP contribution in [0.4, 0.5) is 5.69 Å². The van der Waals surface area contributed by atoms with E-state index >= 15 is 0 Å². The lowest BCUT2D eigenvalue weighted by Crippen LogP contribution is -2.36. The normalized spacial score (nSPS) is 10.3. The van der Waals surface area contributed by atoms with Crippen molar-refractivity contribution in [2.75, 3.05) is 11.4 Å². The lowest BCUT2D eigenvalue weighted by atomic mass is 10.1. The van der Waals surface area contributed by atoms with Crippen LogP contribution >= 0.6 is 0 Å². The fraction of sp³-hybridized carbons (Fsp3) is 0.286. The molecule has 1 aromatic heterocycles. The first-order valence-corrected chi connectivity index (χ1v) is 6.48. The second kappa shape index (κ2) is 6.65. The maximum atomic E-state index is 12.4. The van der Waals surface area contributed by atoms with Gasteiger partial charge < -0.3 is 10.0 Å². The summed E-state index contributed by atoms with van der Waals surface area (Å²) in [4.78, 5) is 28.5. The Labute approximate surface area is 121 Å². The third-order valence-corrected chi connectivity index (χ3v) is 3.02. The summed E-state index contributed by atoms with van der Waals surface area (Å²) >= 11 is 0. The monoisotopic (exact) mass is 288 g/mol.